The monoisotopic (exact) mass is 240 g/mol. The van der Waals surface area contributed by atoms with E-state index in [0.29, 0.717) is 5.56 Å². The molecule has 0 fully saturated rings. The van der Waals surface area contributed by atoms with Crippen LogP contribution in [0, 0.1) is 16.9 Å². The van der Waals surface area contributed by atoms with E-state index in [0.717, 1.165) is 10.8 Å². The van der Waals surface area contributed by atoms with Gasteiger partial charge in [-0.2, -0.15) is 5.26 Å². The Labute approximate surface area is 102 Å². The highest BCUT2D eigenvalue weighted by molar-refractivity contribution is 5.94. The number of rotatable bonds is 1. The van der Waals surface area contributed by atoms with Crippen LogP contribution in [0.4, 0.5) is 0 Å². The van der Waals surface area contributed by atoms with Crippen LogP contribution in [0.5, 0.6) is 0 Å². The fourth-order valence-corrected chi connectivity index (χ4v) is 1.45. The summed E-state index contributed by atoms with van der Waals surface area (Å²) in [5.74, 6) is -0.943. The number of benzene rings is 2. The van der Waals surface area contributed by atoms with Gasteiger partial charge in [-0.25, -0.2) is 4.79 Å². The number of aromatic carboxylic acids is 1. The van der Waals surface area contributed by atoms with E-state index in [1.807, 2.05) is 6.07 Å². The number of nitriles is 1. The van der Waals surface area contributed by atoms with E-state index < -0.39 is 5.97 Å². The molecule has 0 unspecified atom stereocenters. The third-order valence-corrected chi connectivity index (χ3v) is 2.22. The zero-order valence-corrected chi connectivity index (χ0v) is 9.16. The van der Waals surface area contributed by atoms with Gasteiger partial charge in [0.05, 0.1) is 17.2 Å². The molecule has 0 saturated carbocycles. The van der Waals surface area contributed by atoms with Crippen molar-refractivity contribution in [1.82, 2.24) is 0 Å². The summed E-state index contributed by atoms with van der Waals surface area (Å²) in [5, 5.41) is 19.2. The second kappa shape index (κ2) is 5.89. The molecule has 0 saturated heterocycles. The van der Waals surface area contributed by atoms with E-state index in [1.165, 1.54) is 6.07 Å². The van der Waals surface area contributed by atoms with Crippen LogP contribution in [0.3, 0.4) is 0 Å². The van der Waals surface area contributed by atoms with Crippen molar-refractivity contribution in [1.29, 1.82) is 10.8 Å². The first kappa shape index (κ1) is 13.0. The van der Waals surface area contributed by atoms with E-state index in [-0.39, 0.29) is 5.56 Å². The van der Waals surface area contributed by atoms with Crippen LogP contribution in [0.2, 0.25) is 0 Å². The maximum Gasteiger partial charge on any atom is 0.335 e. The molecule has 0 aliphatic rings. The summed E-state index contributed by atoms with van der Waals surface area (Å²) >= 11 is 0. The summed E-state index contributed by atoms with van der Waals surface area (Å²) in [6.45, 7) is 0. The van der Waals surface area contributed by atoms with Crippen LogP contribution in [0.1, 0.15) is 15.9 Å². The Hall–Kier alpha value is -3.03. The predicted molar refractivity (Wildman–Crippen MR) is 65.1 cm³/mol. The highest BCUT2D eigenvalue weighted by atomic mass is 16.4. The van der Waals surface area contributed by atoms with Gasteiger partial charge in [-0.05, 0) is 45.5 Å². The predicted octanol–water partition coefficient (Wildman–Crippen LogP) is 3.29. The summed E-state index contributed by atoms with van der Waals surface area (Å²) < 4.78 is 0. The normalized spacial score (nSPS) is 8.61. The highest BCUT2D eigenvalue weighted by Gasteiger charge is 2.03. The molecule has 0 spiro atoms. The van der Waals surface area contributed by atoms with Crippen molar-refractivity contribution in [3.63, 3.8) is 0 Å². The molecule has 0 aliphatic heterocycles. The topological polar surface area (TPSA) is 121 Å². The number of hydrogen-bond donors (Lipinski definition) is 2. The van der Waals surface area contributed by atoms with Gasteiger partial charge in [0, 0.05) is 0 Å². The molecule has 18 heavy (non-hydrogen) atoms. The number of carboxylic acids is 1. The van der Waals surface area contributed by atoms with Crippen LogP contribution in [-0.2, 0) is 0 Å². The van der Waals surface area contributed by atoms with Crippen LogP contribution < -0.4 is 0 Å². The maximum atomic E-state index is 10.7. The molecule has 0 atom stereocenters. The largest absolute Gasteiger partial charge is 0.478 e. The van der Waals surface area contributed by atoms with Crippen molar-refractivity contribution in [2.24, 2.45) is 0 Å². The zero-order valence-electron chi connectivity index (χ0n) is 9.16. The number of carboxylic acid groups (broad SMARTS) is 1. The molecule has 0 aromatic heterocycles. The van der Waals surface area contributed by atoms with Crippen LogP contribution in [0.25, 0.3) is 21.2 Å². The SMILES string of the molecule is N#Cc1ccc2cc(C(=O)O)ccc2c1.[N-]=[N+]=N. The number of carbonyl (C=O) groups is 1. The molecule has 2 rings (SSSR count). The summed E-state index contributed by atoms with van der Waals surface area (Å²) in [6, 6.07) is 12.0. The lowest BCUT2D eigenvalue weighted by Crippen LogP contribution is -1.95. The minimum absolute atomic E-state index is 0.257. The molecule has 6 heteroatoms. The second-order valence-electron chi connectivity index (χ2n) is 3.29. The van der Waals surface area contributed by atoms with E-state index in [4.69, 9.17) is 21.4 Å². The van der Waals surface area contributed by atoms with Gasteiger partial charge in [0.15, 0.2) is 0 Å². The molecule has 2 aromatic rings. The van der Waals surface area contributed by atoms with E-state index in [9.17, 15) is 4.79 Å². The molecule has 0 bridgehead atoms. The average Bonchev–Trinajstić information content (AvgIpc) is 2.38. The minimum Gasteiger partial charge on any atom is -0.478 e. The Kier molecular flexibility index (Phi) is 4.27. The third-order valence-electron chi connectivity index (χ3n) is 2.22. The van der Waals surface area contributed by atoms with E-state index in [1.54, 1.807) is 35.2 Å². The van der Waals surface area contributed by atoms with Gasteiger partial charge in [0.1, 0.15) is 0 Å². The molecular weight excluding hydrogens is 232 g/mol. The molecule has 0 amide bonds. The standard InChI is InChI=1S/C12H7NO2.HN3/c13-7-8-1-2-10-6-11(12(14)15)4-3-9(10)5-8;1-3-2/h1-6H,(H,14,15);1H. The van der Waals surface area contributed by atoms with Crippen LogP contribution in [-0.4, -0.2) is 11.1 Å². The summed E-state index contributed by atoms with van der Waals surface area (Å²) in [7, 11) is 0. The fourth-order valence-electron chi connectivity index (χ4n) is 1.45. The van der Waals surface area contributed by atoms with Gasteiger partial charge >= 0.3 is 5.97 Å². The molecule has 0 aliphatic carbocycles. The lowest BCUT2D eigenvalue weighted by molar-refractivity contribution is 0.0697. The van der Waals surface area contributed by atoms with Gasteiger partial charge in [-0.3, -0.25) is 0 Å². The number of fused-ring (bicyclic) bond motifs is 1. The Morgan fingerprint density at radius 2 is 1.83 bits per heavy atom. The van der Waals surface area contributed by atoms with Crippen molar-refractivity contribution in [2.45, 2.75) is 0 Å². The first-order valence-corrected chi connectivity index (χ1v) is 4.80. The number of hydrogen-bond acceptors (Lipinski definition) is 3. The Morgan fingerprint density at radius 3 is 2.39 bits per heavy atom. The molecule has 0 radical (unpaired) electrons. The Balaban J connectivity index is 0.000000492. The third kappa shape index (κ3) is 2.98. The van der Waals surface area contributed by atoms with Crippen molar-refractivity contribution in [3.8, 4) is 6.07 Å². The van der Waals surface area contributed by atoms with Gasteiger partial charge in [-0.1, -0.05) is 12.1 Å². The van der Waals surface area contributed by atoms with E-state index >= 15 is 0 Å². The molecular formula is C12H8N4O2. The Morgan fingerprint density at radius 1 is 1.28 bits per heavy atom. The van der Waals surface area contributed by atoms with Crippen molar-refractivity contribution in [3.05, 3.63) is 58.0 Å². The maximum absolute atomic E-state index is 10.7. The highest BCUT2D eigenvalue weighted by Crippen LogP contribution is 2.17. The lowest BCUT2D eigenvalue weighted by atomic mass is 10.0. The molecule has 2 N–H and O–H groups in total. The summed E-state index contributed by atoms with van der Waals surface area (Å²) in [4.78, 5) is 12.5. The Bertz CT molecular complexity index is 667. The number of nitrogens with zero attached hydrogens (tertiary/aromatic N) is 3. The van der Waals surface area contributed by atoms with Crippen LogP contribution >= 0.6 is 0 Å². The van der Waals surface area contributed by atoms with Gasteiger partial charge < -0.3 is 5.11 Å². The van der Waals surface area contributed by atoms with E-state index in [2.05, 4.69) is 0 Å². The van der Waals surface area contributed by atoms with Gasteiger partial charge in [-0.15, -0.1) is 5.53 Å². The molecule has 0 heterocycles. The first-order chi connectivity index (χ1) is 8.62. The van der Waals surface area contributed by atoms with Crippen molar-refractivity contribution < 1.29 is 9.90 Å². The first-order valence-electron chi connectivity index (χ1n) is 4.80. The van der Waals surface area contributed by atoms with Crippen molar-refractivity contribution in [2.75, 3.05) is 0 Å². The van der Waals surface area contributed by atoms with Gasteiger partial charge in [0.2, 0.25) is 0 Å². The molecule has 6 nitrogen and oxygen atoms in total. The zero-order chi connectivity index (χ0) is 13.5. The number of nitrogens with one attached hydrogen (secondary N) is 1. The second-order valence-corrected chi connectivity index (χ2v) is 3.29. The quantitative estimate of drug-likeness (QED) is 0.451. The average molecular weight is 240 g/mol. The lowest BCUT2D eigenvalue weighted by Gasteiger charge is -1.99. The van der Waals surface area contributed by atoms with Crippen LogP contribution in [0.15, 0.2) is 36.4 Å². The molecule has 2 aromatic carbocycles. The van der Waals surface area contributed by atoms with Gasteiger partial charge in [0.25, 0.3) is 0 Å². The molecule has 88 valence electrons. The fraction of sp³-hybridized carbons (Fsp3) is 0. The van der Waals surface area contributed by atoms with Crippen molar-refractivity contribution >= 4 is 16.7 Å². The smallest absolute Gasteiger partial charge is 0.335 e. The minimum atomic E-state index is -0.943. The summed E-state index contributed by atoms with van der Waals surface area (Å²) in [6.07, 6.45) is 0. The summed E-state index contributed by atoms with van der Waals surface area (Å²) in [5.41, 5.74) is 13.1.